The van der Waals surface area contributed by atoms with Crippen molar-refractivity contribution in [1.29, 1.82) is 0 Å². The van der Waals surface area contributed by atoms with Crippen molar-refractivity contribution >= 4 is 0 Å². The lowest BCUT2D eigenvalue weighted by molar-refractivity contribution is -0.921. The first-order chi connectivity index (χ1) is 5.24. The first kappa shape index (κ1) is 13.5. The molecule has 0 saturated heterocycles. The second-order valence-electron chi connectivity index (χ2n) is 2.61. The number of quaternary nitrogens is 1. The van der Waals surface area contributed by atoms with Crippen molar-refractivity contribution in [3.05, 3.63) is 0 Å². The van der Waals surface area contributed by atoms with Crippen LogP contribution in [-0.4, -0.2) is 35.9 Å². The molecule has 0 aliphatic carbocycles. The molecule has 0 aliphatic heterocycles. The Labute approximate surface area is 69.8 Å². The van der Waals surface area contributed by atoms with E-state index >= 15 is 0 Å². The fourth-order valence-electron chi connectivity index (χ4n) is 1.34. The average molecular weight is 163 g/mol. The van der Waals surface area contributed by atoms with Crippen LogP contribution in [0.2, 0.25) is 0 Å². The Balaban J connectivity index is 0. The molecular weight excluding hydrogens is 142 g/mol. The molecule has 0 radical (unpaired) electrons. The normalized spacial score (nSPS) is 10.4. The highest BCUT2D eigenvalue weighted by atomic mass is 17.0. The van der Waals surface area contributed by atoms with E-state index in [9.17, 15) is 0 Å². The fourth-order valence-corrected chi connectivity index (χ4v) is 1.34. The van der Waals surface area contributed by atoms with Crippen LogP contribution in [-0.2, 0) is 0 Å². The van der Waals surface area contributed by atoms with Gasteiger partial charge in [-0.15, -0.1) is 0 Å². The summed E-state index contributed by atoms with van der Waals surface area (Å²) in [6.07, 6.45) is 0. The number of hydrogen-bond acceptors (Lipinski definition) is 2. The molecule has 0 atom stereocenters. The van der Waals surface area contributed by atoms with Gasteiger partial charge in [-0.25, -0.2) is 0 Å². The van der Waals surface area contributed by atoms with Crippen molar-refractivity contribution in [2.45, 2.75) is 27.7 Å². The molecule has 0 aliphatic rings. The first-order valence-electron chi connectivity index (χ1n) is 4.28. The van der Waals surface area contributed by atoms with E-state index in [1.807, 2.05) is 0 Å². The van der Waals surface area contributed by atoms with Crippen molar-refractivity contribution < 1.29 is 15.0 Å². The molecule has 0 amide bonds. The van der Waals surface area contributed by atoms with Crippen LogP contribution in [0.5, 0.6) is 0 Å². The minimum absolute atomic E-state index is 1.28. The van der Waals surface area contributed by atoms with E-state index in [1.54, 1.807) is 0 Å². The van der Waals surface area contributed by atoms with Gasteiger partial charge in [-0.1, -0.05) is 0 Å². The first-order valence-corrected chi connectivity index (χ1v) is 4.28. The van der Waals surface area contributed by atoms with E-state index in [2.05, 4.69) is 27.7 Å². The number of rotatable bonds is 4. The van der Waals surface area contributed by atoms with Crippen LogP contribution in [0.1, 0.15) is 27.7 Å². The Morgan fingerprint density at radius 2 is 1.00 bits per heavy atom. The molecule has 0 saturated carbocycles. The van der Waals surface area contributed by atoms with Crippen molar-refractivity contribution in [2.24, 2.45) is 0 Å². The summed E-state index contributed by atoms with van der Waals surface area (Å²) < 4.78 is 1.28. The zero-order chi connectivity index (χ0) is 9.33. The standard InChI is InChI=1S/C8H20N.H2O2/c1-5-9(6-2,7-3)8-4;1-2/h5-8H2,1-4H3;1-2H/q+1;/p-1. The molecule has 0 aromatic carbocycles. The maximum Gasteiger partial charge on any atom is 0.0757 e. The largest absolute Gasteiger partial charge is 0.727 e. The lowest BCUT2D eigenvalue weighted by atomic mass is 10.3. The molecule has 1 N–H and O–H groups in total. The van der Waals surface area contributed by atoms with Gasteiger partial charge in [0.05, 0.1) is 26.2 Å². The van der Waals surface area contributed by atoms with Crippen molar-refractivity contribution in [3.8, 4) is 0 Å². The summed E-state index contributed by atoms with van der Waals surface area (Å²) in [4.78, 5) is 0. The molecule has 0 bridgehead atoms. The molecule has 0 aromatic heterocycles. The van der Waals surface area contributed by atoms with Gasteiger partial charge in [0.15, 0.2) is 0 Å². The van der Waals surface area contributed by atoms with E-state index in [4.69, 9.17) is 10.5 Å². The van der Waals surface area contributed by atoms with Crippen LogP contribution >= 0.6 is 0 Å². The zero-order valence-corrected chi connectivity index (χ0v) is 8.13. The van der Waals surface area contributed by atoms with E-state index in [-0.39, 0.29) is 0 Å². The predicted octanol–water partition coefficient (Wildman–Crippen LogP) is 0.703. The van der Waals surface area contributed by atoms with Gasteiger partial charge in [0.25, 0.3) is 0 Å². The fraction of sp³-hybridized carbons (Fsp3) is 1.00. The lowest BCUT2D eigenvalue weighted by Crippen LogP contribution is -2.47. The highest BCUT2D eigenvalue weighted by molar-refractivity contribution is 4.31. The topological polar surface area (TPSA) is 43.3 Å². The number of hydrogen-bond donors (Lipinski definition) is 1. The Bertz CT molecular complexity index is 55.0. The summed E-state index contributed by atoms with van der Waals surface area (Å²) in [6, 6.07) is 0. The summed E-state index contributed by atoms with van der Waals surface area (Å²) in [6.45, 7) is 14.2. The highest BCUT2D eigenvalue weighted by Gasteiger charge is 2.16. The van der Waals surface area contributed by atoms with E-state index in [1.165, 1.54) is 30.7 Å². The Hall–Kier alpha value is -0.120. The van der Waals surface area contributed by atoms with Crippen molar-refractivity contribution in [3.63, 3.8) is 0 Å². The number of nitrogens with zero attached hydrogens (tertiary/aromatic N) is 1. The molecule has 3 nitrogen and oxygen atoms in total. The van der Waals surface area contributed by atoms with Gasteiger partial charge in [0.1, 0.15) is 0 Å². The summed E-state index contributed by atoms with van der Waals surface area (Å²) in [5.41, 5.74) is 0. The third kappa shape index (κ3) is 4.35. The molecule has 11 heavy (non-hydrogen) atoms. The summed E-state index contributed by atoms with van der Waals surface area (Å²) in [5, 5.41) is 13.0. The van der Waals surface area contributed by atoms with Gasteiger partial charge in [0.2, 0.25) is 0 Å². The van der Waals surface area contributed by atoms with E-state index < -0.39 is 0 Å². The minimum Gasteiger partial charge on any atom is -0.727 e. The molecular formula is C8H21NO2. The molecule has 0 rings (SSSR count). The summed E-state index contributed by atoms with van der Waals surface area (Å²) in [7, 11) is 0. The van der Waals surface area contributed by atoms with E-state index in [0.29, 0.717) is 0 Å². The van der Waals surface area contributed by atoms with Gasteiger partial charge >= 0.3 is 0 Å². The zero-order valence-electron chi connectivity index (χ0n) is 8.13. The third-order valence-electron chi connectivity index (χ3n) is 2.68. The van der Waals surface area contributed by atoms with Crippen LogP contribution in [0.15, 0.2) is 0 Å². The van der Waals surface area contributed by atoms with Gasteiger partial charge in [-0.3, -0.25) is 0 Å². The highest BCUT2D eigenvalue weighted by Crippen LogP contribution is 2.03. The minimum atomic E-state index is 1.28. The Kier molecular flexibility index (Phi) is 9.77. The maximum atomic E-state index is 7.25. The molecule has 0 spiro atoms. The second-order valence-corrected chi connectivity index (χ2v) is 2.61. The average Bonchev–Trinajstić information content (AvgIpc) is 2.13. The summed E-state index contributed by atoms with van der Waals surface area (Å²) >= 11 is 0. The van der Waals surface area contributed by atoms with Gasteiger partial charge in [0, 0.05) is 0 Å². The van der Waals surface area contributed by atoms with Crippen LogP contribution in [0, 0.1) is 0 Å². The van der Waals surface area contributed by atoms with Crippen LogP contribution in [0.25, 0.3) is 0 Å². The quantitative estimate of drug-likeness (QED) is 0.377. The Morgan fingerprint density at radius 1 is 0.818 bits per heavy atom. The lowest BCUT2D eigenvalue weighted by Gasteiger charge is -2.34. The van der Waals surface area contributed by atoms with Gasteiger partial charge in [-0.2, -0.15) is 0 Å². The molecule has 0 heterocycles. The molecule has 0 fully saturated rings. The van der Waals surface area contributed by atoms with E-state index in [0.717, 1.165) is 0 Å². The van der Waals surface area contributed by atoms with Crippen LogP contribution in [0.3, 0.4) is 0 Å². The van der Waals surface area contributed by atoms with Crippen LogP contribution in [0.4, 0.5) is 0 Å². The molecule has 70 valence electrons. The SMILES string of the molecule is CC[N+](CC)(CC)CC.[O-]O. The van der Waals surface area contributed by atoms with Gasteiger partial charge < -0.3 is 15.0 Å². The molecule has 0 aromatic rings. The predicted molar refractivity (Wildman–Crippen MR) is 45.1 cm³/mol. The maximum absolute atomic E-state index is 7.25. The molecule has 0 unspecified atom stereocenters. The Morgan fingerprint density at radius 3 is 1.00 bits per heavy atom. The monoisotopic (exact) mass is 163 g/mol. The second kappa shape index (κ2) is 7.98. The smallest absolute Gasteiger partial charge is 0.0757 e. The molecule has 3 heteroatoms. The summed E-state index contributed by atoms with van der Waals surface area (Å²) in [5.74, 6) is 0. The van der Waals surface area contributed by atoms with Crippen molar-refractivity contribution in [2.75, 3.05) is 26.2 Å². The van der Waals surface area contributed by atoms with Gasteiger partial charge in [-0.05, 0) is 27.7 Å². The van der Waals surface area contributed by atoms with Crippen LogP contribution < -0.4 is 5.26 Å². The van der Waals surface area contributed by atoms with Crippen molar-refractivity contribution in [1.82, 2.24) is 0 Å². The third-order valence-corrected chi connectivity index (χ3v) is 2.68.